The first-order valence-electron chi connectivity index (χ1n) is 7.63. The van der Waals surface area contributed by atoms with Gasteiger partial charge in [-0.15, -0.1) is 0 Å². The lowest BCUT2D eigenvalue weighted by Crippen LogP contribution is -2.48. The minimum atomic E-state index is -0.742. The monoisotopic (exact) mass is 292 g/mol. The van der Waals surface area contributed by atoms with Gasteiger partial charge in [0.1, 0.15) is 0 Å². The van der Waals surface area contributed by atoms with Gasteiger partial charge in [-0.25, -0.2) is 0 Å². The third-order valence-electron chi connectivity index (χ3n) is 3.87. The Labute approximate surface area is 127 Å². The van der Waals surface area contributed by atoms with Crippen molar-refractivity contribution >= 4 is 5.91 Å². The summed E-state index contributed by atoms with van der Waals surface area (Å²) in [6, 6.07) is 9.73. The van der Waals surface area contributed by atoms with E-state index in [1.807, 2.05) is 51.1 Å². The highest BCUT2D eigenvalue weighted by molar-refractivity contribution is 5.79. The standard InChI is InChI=1S/C17H28N2O2/c1-13(8-7-9-14(2)18)16(21)19-17(3,12-20)15-10-5-4-6-11-15/h4-6,10-11,13-14,20H,7-9,12,18H2,1-3H3,(H,19,21). The number of hydrogen-bond donors (Lipinski definition) is 3. The van der Waals surface area contributed by atoms with Crippen LogP contribution in [0, 0.1) is 5.92 Å². The molecule has 4 N–H and O–H groups in total. The summed E-state index contributed by atoms with van der Waals surface area (Å²) in [5.74, 6) is -0.113. The normalized spacial score (nSPS) is 16.8. The molecule has 0 aliphatic rings. The SMILES string of the molecule is CC(N)CCCC(C)C(=O)NC(C)(CO)c1ccccc1. The highest BCUT2D eigenvalue weighted by Crippen LogP contribution is 2.21. The van der Waals surface area contributed by atoms with Crippen molar-refractivity contribution in [3.8, 4) is 0 Å². The molecule has 0 aliphatic heterocycles. The topological polar surface area (TPSA) is 75.4 Å². The van der Waals surface area contributed by atoms with E-state index in [1.165, 1.54) is 0 Å². The number of aliphatic hydroxyl groups is 1. The van der Waals surface area contributed by atoms with Crippen molar-refractivity contribution in [2.24, 2.45) is 11.7 Å². The molecule has 1 aromatic carbocycles. The zero-order valence-electron chi connectivity index (χ0n) is 13.3. The number of nitrogens with two attached hydrogens (primary N) is 1. The Morgan fingerprint density at radius 3 is 2.43 bits per heavy atom. The maximum Gasteiger partial charge on any atom is 0.223 e. The third kappa shape index (κ3) is 5.48. The van der Waals surface area contributed by atoms with E-state index in [0.717, 1.165) is 24.8 Å². The van der Waals surface area contributed by atoms with Crippen LogP contribution in [0.15, 0.2) is 30.3 Å². The van der Waals surface area contributed by atoms with Crippen LogP contribution in [0.4, 0.5) is 0 Å². The second kappa shape index (κ2) is 8.15. The van der Waals surface area contributed by atoms with Gasteiger partial charge in [0.15, 0.2) is 0 Å². The number of hydrogen-bond acceptors (Lipinski definition) is 3. The van der Waals surface area contributed by atoms with E-state index < -0.39 is 5.54 Å². The molecule has 0 saturated heterocycles. The Balaban J connectivity index is 2.62. The summed E-state index contributed by atoms with van der Waals surface area (Å²) in [7, 11) is 0. The van der Waals surface area contributed by atoms with Crippen LogP contribution in [-0.2, 0) is 10.3 Å². The van der Waals surface area contributed by atoms with Gasteiger partial charge in [-0.3, -0.25) is 4.79 Å². The van der Waals surface area contributed by atoms with Crippen molar-refractivity contribution in [3.05, 3.63) is 35.9 Å². The smallest absolute Gasteiger partial charge is 0.223 e. The predicted molar refractivity (Wildman–Crippen MR) is 85.7 cm³/mol. The molecule has 0 saturated carbocycles. The van der Waals surface area contributed by atoms with Gasteiger partial charge in [0.2, 0.25) is 5.91 Å². The van der Waals surface area contributed by atoms with Gasteiger partial charge in [-0.05, 0) is 32.3 Å². The summed E-state index contributed by atoms with van der Waals surface area (Å²) in [4.78, 5) is 12.3. The van der Waals surface area contributed by atoms with Gasteiger partial charge in [-0.2, -0.15) is 0 Å². The summed E-state index contributed by atoms with van der Waals surface area (Å²) in [5.41, 5.74) is 5.88. The van der Waals surface area contributed by atoms with E-state index in [4.69, 9.17) is 5.73 Å². The van der Waals surface area contributed by atoms with Crippen LogP contribution >= 0.6 is 0 Å². The second-order valence-corrected chi connectivity index (χ2v) is 6.15. The van der Waals surface area contributed by atoms with Crippen molar-refractivity contribution in [1.29, 1.82) is 0 Å². The Hall–Kier alpha value is -1.39. The molecule has 21 heavy (non-hydrogen) atoms. The molecule has 3 unspecified atom stereocenters. The number of carbonyl (C=O) groups is 1. The molecule has 3 atom stereocenters. The van der Waals surface area contributed by atoms with Crippen LogP contribution in [0.1, 0.15) is 45.6 Å². The Morgan fingerprint density at radius 1 is 1.29 bits per heavy atom. The Bertz CT molecular complexity index is 434. The van der Waals surface area contributed by atoms with E-state index in [9.17, 15) is 9.90 Å². The fourth-order valence-corrected chi connectivity index (χ4v) is 2.28. The number of nitrogens with one attached hydrogen (secondary N) is 1. The number of aliphatic hydroxyl groups excluding tert-OH is 1. The Morgan fingerprint density at radius 2 is 1.90 bits per heavy atom. The van der Waals surface area contributed by atoms with Gasteiger partial charge in [-0.1, -0.05) is 43.7 Å². The number of benzene rings is 1. The molecule has 1 amide bonds. The molecule has 0 radical (unpaired) electrons. The average molecular weight is 292 g/mol. The lowest BCUT2D eigenvalue weighted by Gasteiger charge is -2.30. The van der Waals surface area contributed by atoms with Gasteiger partial charge < -0.3 is 16.2 Å². The molecule has 0 aromatic heterocycles. The molecule has 1 rings (SSSR count). The van der Waals surface area contributed by atoms with Crippen molar-refractivity contribution in [2.45, 2.75) is 51.6 Å². The van der Waals surface area contributed by atoms with Crippen LogP contribution in [0.3, 0.4) is 0 Å². The summed E-state index contributed by atoms with van der Waals surface area (Å²) in [5, 5.41) is 12.7. The molecule has 1 aromatic rings. The minimum absolute atomic E-state index is 0.0277. The summed E-state index contributed by atoms with van der Waals surface area (Å²) in [6.45, 7) is 5.60. The van der Waals surface area contributed by atoms with E-state index in [-0.39, 0.29) is 24.5 Å². The van der Waals surface area contributed by atoms with Gasteiger partial charge in [0, 0.05) is 12.0 Å². The summed E-state index contributed by atoms with van der Waals surface area (Å²) in [6.07, 6.45) is 2.67. The molecule has 0 aliphatic carbocycles. The van der Waals surface area contributed by atoms with Crippen LogP contribution in [0.5, 0.6) is 0 Å². The molecule has 0 fully saturated rings. The molecule has 0 heterocycles. The van der Waals surface area contributed by atoms with Crippen molar-refractivity contribution in [1.82, 2.24) is 5.32 Å². The maximum absolute atomic E-state index is 12.3. The Kier molecular flexibility index (Phi) is 6.85. The lowest BCUT2D eigenvalue weighted by molar-refractivity contribution is -0.127. The minimum Gasteiger partial charge on any atom is -0.394 e. The second-order valence-electron chi connectivity index (χ2n) is 6.15. The average Bonchev–Trinajstić information content (AvgIpc) is 2.47. The molecular weight excluding hydrogens is 264 g/mol. The number of rotatable bonds is 8. The molecule has 0 bridgehead atoms. The zero-order chi connectivity index (χ0) is 15.9. The van der Waals surface area contributed by atoms with Crippen molar-refractivity contribution < 1.29 is 9.90 Å². The summed E-state index contributed by atoms with van der Waals surface area (Å²) >= 11 is 0. The fraction of sp³-hybridized carbons (Fsp3) is 0.588. The predicted octanol–water partition coefficient (Wildman–Crippen LogP) is 2.16. The van der Waals surface area contributed by atoms with Crippen LogP contribution in [-0.4, -0.2) is 23.7 Å². The van der Waals surface area contributed by atoms with Crippen LogP contribution < -0.4 is 11.1 Å². The van der Waals surface area contributed by atoms with E-state index in [1.54, 1.807) is 0 Å². The molecular formula is C17H28N2O2. The first-order chi connectivity index (χ1) is 9.89. The van der Waals surface area contributed by atoms with Crippen molar-refractivity contribution in [2.75, 3.05) is 6.61 Å². The highest BCUT2D eigenvalue weighted by Gasteiger charge is 2.29. The van der Waals surface area contributed by atoms with E-state index in [0.29, 0.717) is 0 Å². The van der Waals surface area contributed by atoms with Crippen LogP contribution in [0.2, 0.25) is 0 Å². The first kappa shape index (κ1) is 17.7. The molecule has 118 valence electrons. The fourth-order valence-electron chi connectivity index (χ4n) is 2.28. The van der Waals surface area contributed by atoms with Gasteiger partial charge in [0.05, 0.1) is 12.1 Å². The first-order valence-corrected chi connectivity index (χ1v) is 7.63. The largest absolute Gasteiger partial charge is 0.394 e. The zero-order valence-corrected chi connectivity index (χ0v) is 13.3. The van der Waals surface area contributed by atoms with E-state index in [2.05, 4.69) is 5.32 Å². The summed E-state index contributed by atoms with van der Waals surface area (Å²) < 4.78 is 0. The van der Waals surface area contributed by atoms with E-state index >= 15 is 0 Å². The number of amides is 1. The molecule has 4 nitrogen and oxygen atoms in total. The lowest BCUT2D eigenvalue weighted by atomic mass is 9.91. The van der Waals surface area contributed by atoms with Crippen molar-refractivity contribution in [3.63, 3.8) is 0 Å². The highest BCUT2D eigenvalue weighted by atomic mass is 16.3. The molecule has 0 spiro atoms. The maximum atomic E-state index is 12.3. The van der Waals surface area contributed by atoms with Crippen LogP contribution in [0.25, 0.3) is 0 Å². The molecule has 4 heteroatoms. The van der Waals surface area contributed by atoms with Gasteiger partial charge in [0.25, 0.3) is 0 Å². The third-order valence-corrected chi connectivity index (χ3v) is 3.87. The quantitative estimate of drug-likeness (QED) is 0.687. The van der Waals surface area contributed by atoms with Gasteiger partial charge >= 0.3 is 0 Å². The number of carbonyl (C=O) groups excluding carboxylic acids is 1.